The van der Waals surface area contributed by atoms with Gasteiger partial charge in [-0.3, -0.25) is 9.59 Å². The Balaban J connectivity index is 3.23. The zero-order valence-electron chi connectivity index (χ0n) is 18.1. The number of carboxylic acids is 1. The fourth-order valence-electron chi connectivity index (χ4n) is 3.23. The predicted octanol–water partition coefficient (Wildman–Crippen LogP) is 5.33. The van der Waals surface area contributed by atoms with Gasteiger partial charge in [-0.1, -0.05) is 69.9 Å². The van der Waals surface area contributed by atoms with Gasteiger partial charge < -0.3 is 16.2 Å². The van der Waals surface area contributed by atoms with Crippen molar-refractivity contribution in [1.29, 1.82) is 0 Å². The highest BCUT2D eigenvalue weighted by atomic mass is 16.4. The molecule has 0 fully saturated rings. The molecule has 0 aliphatic carbocycles. The molecule has 0 saturated heterocycles. The lowest BCUT2D eigenvalue weighted by Gasteiger charge is -2.07. The number of amides is 1. The third kappa shape index (κ3) is 19.4. The van der Waals surface area contributed by atoms with Gasteiger partial charge in [0, 0.05) is 13.0 Å². The van der Waals surface area contributed by atoms with Crippen molar-refractivity contribution in [2.24, 2.45) is 5.73 Å². The number of nitrogens with two attached hydrogens (primary N) is 1. The van der Waals surface area contributed by atoms with Crippen LogP contribution in [0.4, 0.5) is 0 Å². The minimum Gasteiger partial charge on any atom is -0.480 e. The smallest absolute Gasteiger partial charge is 0.320 e. The van der Waals surface area contributed by atoms with E-state index in [4.69, 9.17) is 10.8 Å². The van der Waals surface area contributed by atoms with Crippen molar-refractivity contribution in [3.05, 3.63) is 12.2 Å². The molecule has 0 heterocycles. The van der Waals surface area contributed by atoms with Crippen LogP contribution in [0.15, 0.2) is 12.2 Å². The highest BCUT2D eigenvalue weighted by molar-refractivity contribution is 5.75. The summed E-state index contributed by atoms with van der Waals surface area (Å²) in [6.07, 6.45) is 22.3. The first-order valence-electron chi connectivity index (χ1n) is 11.4. The van der Waals surface area contributed by atoms with Crippen molar-refractivity contribution in [2.45, 2.75) is 116 Å². The molecule has 0 aromatic carbocycles. The third-order valence-corrected chi connectivity index (χ3v) is 5.09. The van der Waals surface area contributed by atoms with Crippen LogP contribution in [0.3, 0.4) is 0 Å². The van der Waals surface area contributed by atoms with Crippen LogP contribution >= 0.6 is 0 Å². The molecule has 0 spiro atoms. The summed E-state index contributed by atoms with van der Waals surface area (Å²) in [6.45, 7) is 2.70. The number of hydrogen-bond donors (Lipinski definition) is 3. The molecular formula is C23H44N2O3. The second-order valence-corrected chi connectivity index (χ2v) is 7.79. The minimum atomic E-state index is -0.959. The summed E-state index contributed by atoms with van der Waals surface area (Å²) in [5, 5.41) is 11.6. The zero-order valence-corrected chi connectivity index (χ0v) is 18.1. The lowest BCUT2D eigenvalue weighted by atomic mass is 10.0. The lowest BCUT2D eigenvalue weighted by Crippen LogP contribution is -2.30. The van der Waals surface area contributed by atoms with Gasteiger partial charge in [0.1, 0.15) is 6.04 Å². The Bertz CT molecular complexity index is 411. The van der Waals surface area contributed by atoms with E-state index in [1.807, 2.05) is 0 Å². The Hall–Kier alpha value is -1.36. The standard InChI is InChI=1S/C23H44N2O3/c1-2-3-4-5-6-7-8-9-10-11-12-13-14-15-19-22(26)25-20-17-16-18-21(24)23(27)28/h2-3,21H,4-20,24H2,1H3,(H,25,26)(H,27,28)/b3-2+/t21-/m0/s1. The predicted molar refractivity (Wildman–Crippen MR) is 117 cm³/mol. The molecule has 4 N–H and O–H groups in total. The number of nitrogens with one attached hydrogen (secondary N) is 1. The fraction of sp³-hybridized carbons (Fsp3) is 0.826. The van der Waals surface area contributed by atoms with Crippen molar-refractivity contribution in [3.8, 4) is 0 Å². The van der Waals surface area contributed by atoms with Crippen molar-refractivity contribution in [2.75, 3.05) is 6.54 Å². The first kappa shape index (κ1) is 26.6. The molecule has 0 bridgehead atoms. The average molecular weight is 397 g/mol. The summed E-state index contributed by atoms with van der Waals surface area (Å²) in [7, 11) is 0. The second-order valence-electron chi connectivity index (χ2n) is 7.79. The molecule has 0 aromatic heterocycles. The third-order valence-electron chi connectivity index (χ3n) is 5.09. The Morgan fingerprint density at radius 1 is 0.857 bits per heavy atom. The van der Waals surface area contributed by atoms with E-state index in [-0.39, 0.29) is 5.91 Å². The van der Waals surface area contributed by atoms with E-state index >= 15 is 0 Å². The Morgan fingerprint density at radius 2 is 1.39 bits per heavy atom. The van der Waals surface area contributed by atoms with Gasteiger partial charge in [-0.25, -0.2) is 0 Å². The Morgan fingerprint density at radius 3 is 1.93 bits per heavy atom. The highest BCUT2D eigenvalue weighted by Crippen LogP contribution is 2.12. The molecule has 0 aliphatic heterocycles. The maximum absolute atomic E-state index is 11.7. The van der Waals surface area contributed by atoms with E-state index in [9.17, 15) is 9.59 Å². The maximum Gasteiger partial charge on any atom is 0.320 e. The molecule has 28 heavy (non-hydrogen) atoms. The van der Waals surface area contributed by atoms with E-state index < -0.39 is 12.0 Å². The van der Waals surface area contributed by atoms with Crippen LogP contribution in [0.1, 0.15) is 110 Å². The molecule has 0 rings (SSSR count). The molecule has 0 aliphatic rings. The SMILES string of the molecule is C/C=C/CCCCCCCCCCCCCC(=O)NCCCC[C@H](N)C(=O)O. The van der Waals surface area contributed by atoms with Gasteiger partial charge in [0.15, 0.2) is 0 Å². The summed E-state index contributed by atoms with van der Waals surface area (Å²) < 4.78 is 0. The van der Waals surface area contributed by atoms with Gasteiger partial charge in [-0.2, -0.15) is 0 Å². The number of hydrogen-bond acceptors (Lipinski definition) is 3. The van der Waals surface area contributed by atoms with E-state index in [1.165, 1.54) is 64.2 Å². The molecule has 0 aromatic rings. The van der Waals surface area contributed by atoms with Crippen LogP contribution in [0.25, 0.3) is 0 Å². The molecule has 0 unspecified atom stereocenters. The first-order chi connectivity index (χ1) is 13.6. The lowest BCUT2D eigenvalue weighted by molar-refractivity contribution is -0.138. The fourth-order valence-corrected chi connectivity index (χ4v) is 3.23. The van der Waals surface area contributed by atoms with Crippen molar-refractivity contribution in [3.63, 3.8) is 0 Å². The number of allylic oxidation sites excluding steroid dienone is 2. The van der Waals surface area contributed by atoms with E-state index in [2.05, 4.69) is 24.4 Å². The second kappa shape index (κ2) is 20.4. The van der Waals surface area contributed by atoms with Crippen molar-refractivity contribution < 1.29 is 14.7 Å². The number of rotatable bonds is 20. The quantitative estimate of drug-likeness (QED) is 0.191. The van der Waals surface area contributed by atoms with Crippen LogP contribution < -0.4 is 11.1 Å². The van der Waals surface area contributed by atoms with E-state index in [1.54, 1.807) is 0 Å². The normalized spacial score (nSPS) is 12.4. The van der Waals surface area contributed by atoms with Gasteiger partial charge in [0.2, 0.25) is 5.91 Å². The average Bonchev–Trinajstić information content (AvgIpc) is 2.67. The molecule has 1 atom stereocenters. The summed E-state index contributed by atoms with van der Waals surface area (Å²) in [6, 6.07) is -0.788. The van der Waals surface area contributed by atoms with Gasteiger partial charge in [0.25, 0.3) is 0 Å². The number of carbonyl (C=O) groups excluding carboxylic acids is 1. The molecule has 5 heteroatoms. The monoisotopic (exact) mass is 396 g/mol. The Labute approximate surface area is 172 Å². The van der Waals surface area contributed by atoms with Crippen LogP contribution in [0, 0.1) is 0 Å². The number of aliphatic carboxylic acids is 1. The van der Waals surface area contributed by atoms with Gasteiger partial charge in [-0.15, -0.1) is 0 Å². The molecule has 0 saturated carbocycles. The Kier molecular flexibility index (Phi) is 19.4. The van der Waals surface area contributed by atoms with Crippen molar-refractivity contribution in [1.82, 2.24) is 5.32 Å². The number of unbranched alkanes of at least 4 members (excludes halogenated alkanes) is 12. The van der Waals surface area contributed by atoms with Gasteiger partial charge in [0.05, 0.1) is 0 Å². The summed E-state index contributed by atoms with van der Waals surface area (Å²) in [5.41, 5.74) is 5.44. The largest absolute Gasteiger partial charge is 0.480 e. The van der Waals surface area contributed by atoms with Crippen LogP contribution in [0.2, 0.25) is 0 Å². The van der Waals surface area contributed by atoms with Gasteiger partial charge in [-0.05, 0) is 45.4 Å². The molecular weight excluding hydrogens is 352 g/mol. The molecule has 5 nitrogen and oxygen atoms in total. The summed E-state index contributed by atoms with van der Waals surface area (Å²) in [4.78, 5) is 22.3. The maximum atomic E-state index is 11.7. The van der Waals surface area contributed by atoms with Crippen LogP contribution in [-0.4, -0.2) is 29.6 Å². The summed E-state index contributed by atoms with van der Waals surface area (Å²) in [5.74, 6) is -0.850. The zero-order chi connectivity index (χ0) is 20.9. The van der Waals surface area contributed by atoms with E-state index in [0.717, 1.165) is 25.7 Å². The molecule has 164 valence electrons. The number of carbonyl (C=O) groups is 2. The highest BCUT2D eigenvalue weighted by Gasteiger charge is 2.10. The van der Waals surface area contributed by atoms with E-state index in [0.29, 0.717) is 19.4 Å². The topological polar surface area (TPSA) is 92.4 Å². The molecule has 1 amide bonds. The first-order valence-corrected chi connectivity index (χ1v) is 11.4. The van der Waals surface area contributed by atoms with Crippen LogP contribution in [0.5, 0.6) is 0 Å². The number of carboxylic acid groups (broad SMARTS) is 1. The van der Waals surface area contributed by atoms with Crippen LogP contribution in [-0.2, 0) is 9.59 Å². The molecule has 0 radical (unpaired) electrons. The van der Waals surface area contributed by atoms with Crippen molar-refractivity contribution >= 4 is 11.9 Å². The van der Waals surface area contributed by atoms with Gasteiger partial charge >= 0.3 is 5.97 Å². The minimum absolute atomic E-state index is 0.108. The summed E-state index contributed by atoms with van der Waals surface area (Å²) >= 11 is 0.